The lowest BCUT2D eigenvalue weighted by atomic mass is 10.2. The van der Waals surface area contributed by atoms with Crippen LogP contribution in [-0.4, -0.2) is 60.3 Å². The van der Waals surface area contributed by atoms with Crippen molar-refractivity contribution in [3.8, 4) is 11.4 Å². The predicted octanol–water partition coefficient (Wildman–Crippen LogP) is 4.86. The van der Waals surface area contributed by atoms with Gasteiger partial charge < -0.3 is 15.0 Å². The van der Waals surface area contributed by atoms with Crippen LogP contribution >= 0.6 is 11.6 Å². The lowest BCUT2D eigenvalue weighted by molar-refractivity contribution is 0.242. The second-order valence-corrected chi connectivity index (χ2v) is 13.8. The first-order valence-electron chi connectivity index (χ1n) is 14.2. The molecule has 2 aromatic carbocycles. The van der Waals surface area contributed by atoms with Gasteiger partial charge in [0.1, 0.15) is 5.69 Å². The van der Waals surface area contributed by atoms with Crippen molar-refractivity contribution in [3.63, 3.8) is 0 Å². The summed E-state index contributed by atoms with van der Waals surface area (Å²) < 4.78 is 35.8. The summed E-state index contributed by atoms with van der Waals surface area (Å²) in [5.41, 5.74) is 3.17. The van der Waals surface area contributed by atoms with Gasteiger partial charge in [-0.1, -0.05) is 36.7 Å². The minimum absolute atomic E-state index is 0.0613. The van der Waals surface area contributed by atoms with Gasteiger partial charge in [0, 0.05) is 60.4 Å². The first kappa shape index (κ1) is 29.2. The lowest BCUT2D eigenvalue weighted by Crippen LogP contribution is -2.49. The minimum atomic E-state index is -3.57. The molecule has 2 aromatic heterocycles. The van der Waals surface area contributed by atoms with Gasteiger partial charge in [-0.15, -0.1) is 0 Å². The van der Waals surface area contributed by atoms with Crippen LogP contribution < -0.4 is 20.5 Å². The molecule has 43 heavy (non-hydrogen) atoms. The third-order valence-electron chi connectivity index (χ3n) is 7.85. The van der Waals surface area contributed by atoms with Gasteiger partial charge in [-0.2, -0.15) is 14.1 Å². The van der Waals surface area contributed by atoms with Gasteiger partial charge in [0.25, 0.3) is 0 Å². The second kappa shape index (κ2) is 12.0. The molecule has 1 aliphatic heterocycles. The third-order valence-corrected chi connectivity index (χ3v) is 9.94. The Morgan fingerprint density at radius 3 is 2.44 bits per heavy atom. The minimum Gasteiger partial charge on any atom is -0.486 e. The van der Waals surface area contributed by atoms with E-state index in [0.717, 1.165) is 24.2 Å². The van der Waals surface area contributed by atoms with Crippen molar-refractivity contribution in [3.05, 3.63) is 100 Å². The molecule has 0 unspecified atom stereocenters. The maximum Gasteiger partial charge on any atom is 0.316 e. The largest absolute Gasteiger partial charge is 0.486 e. The zero-order valence-corrected chi connectivity index (χ0v) is 25.4. The molecule has 12 heteroatoms. The van der Waals surface area contributed by atoms with E-state index in [2.05, 4.69) is 22.3 Å². The molecular weight excluding hydrogens is 588 g/mol. The SMILES string of the molecule is CC1(COc2c(N3CCN(S(=O)(=O)Cc4cccc(Nc5ccncc5)c4)CC3)cnn(-c3cccc(Cl)c3)c2=O)CC1. The van der Waals surface area contributed by atoms with Crippen LogP contribution in [0.3, 0.4) is 0 Å². The quantitative estimate of drug-likeness (QED) is 0.268. The number of piperazine rings is 1. The number of halogens is 1. The van der Waals surface area contributed by atoms with Gasteiger partial charge in [-0.05, 0) is 60.9 Å². The summed E-state index contributed by atoms with van der Waals surface area (Å²) >= 11 is 6.17. The highest BCUT2D eigenvalue weighted by Crippen LogP contribution is 2.45. The van der Waals surface area contributed by atoms with Crippen molar-refractivity contribution in [1.29, 1.82) is 0 Å². The van der Waals surface area contributed by atoms with Crippen LogP contribution in [0.4, 0.5) is 17.1 Å². The summed E-state index contributed by atoms with van der Waals surface area (Å²) in [7, 11) is -3.57. The first-order valence-corrected chi connectivity index (χ1v) is 16.2. The zero-order chi connectivity index (χ0) is 30.0. The maximum absolute atomic E-state index is 13.6. The Labute approximate surface area is 255 Å². The van der Waals surface area contributed by atoms with Gasteiger partial charge in [0.15, 0.2) is 0 Å². The number of anilines is 3. The number of hydrogen-bond donors (Lipinski definition) is 1. The van der Waals surface area contributed by atoms with E-state index in [0.29, 0.717) is 41.7 Å². The normalized spacial score (nSPS) is 16.6. The van der Waals surface area contributed by atoms with Crippen molar-refractivity contribution >= 4 is 38.7 Å². The molecular formula is C31H33ClN6O4S. The van der Waals surface area contributed by atoms with Gasteiger partial charge in [0.05, 0.1) is 24.2 Å². The molecule has 0 atom stereocenters. The van der Waals surface area contributed by atoms with Crippen molar-refractivity contribution in [2.45, 2.75) is 25.5 Å². The molecule has 0 amide bonds. The Bertz CT molecular complexity index is 1770. The Balaban J connectivity index is 1.17. The molecule has 1 saturated heterocycles. The fraction of sp³-hybridized carbons (Fsp3) is 0.323. The van der Waals surface area contributed by atoms with Crippen LogP contribution in [0.15, 0.2) is 84.0 Å². The van der Waals surface area contributed by atoms with Crippen molar-refractivity contribution in [2.75, 3.05) is 43.0 Å². The highest BCUT2D eigenvalue weighted by Gasteiger charge is 2.39. The summed E-state index contributed by atoms with van der Waals surface area (Å²) in [6.45, 7) is 3.94. The van der Waals surface area contributed by atoms with Crippen LogP contribution in [0.25, 0.3) is 5.69 Å². The van der Waals surface area contributed by atoms with Gasteiger partial charge in [-0.25, -0.2) is 8.42 Å². The zero-order valence-electron chi connectivity index (χ0n) is 23.8. The van der Waals surface area contributed by atoms with E-state index in [1.807, 2.05) is 41.3 Å². The topological polar surface area (TPSA) is 110 Å². The summed E-state index contributed by atoms with van der Waals surface area (Å²) in [6, 6.07) is 18.0. The van der Waals surface area contributed by atoms with Crippen LogP contribution in [0.5, 0.6) is 5.75 Å². The third kappa shape index (κ3) is 6.84. The molecule has 10 nitrogen and oxygen atoms in total. The molecule has 3 heterocycles. The number of ether oxygens (including phenoxy) is 1. The van der Waals surface area contributed by atoms with E-state index in [-0.39, 0.29) is 35.6 Å². The number of sulfonamides is 1. The number of nitrogens with zero attached hydrogens (tertiary/aromatic N) is 5. The van der Waals surface area contributed by atoms with E-state index >= 15 is 0 Å². The Hall–Kier alpha value is -3.93. The number of nitrogens with one attached hydrogen (secondary N) is 1. The van der Waals surface area contributed by atoms with Crippen LogP contribution in [-0.2, 0) is 15.8 Å². The van der Waals surface area contributed by atoms with Gasteiger partial charge in [-0.3, -0.25) is 9.78 Å². The van der Waals surface area contributed by atoms with Crippen molar-refractivity contribution < 1.29 is 13.2 Å². The van der Waals surface area contributed by atoms with Crippen LogP contribution in [0, 0.1) is 5.41 Å². The van der Waals surface area contributed by atoms with Crippen molar-refractivity contribution in [2.24, 2.45) is 5.41 Å². The highest BCUT2D eigenvalue weighted by atomic mass is 35.5. The Morgan fingerprint density at radius 1 is 0.977 bits per heavy atom. The predicted molar refractivity (Wildman–Crippen MR) is 168 cm³/mol. The van der Waals surface area contributed by atoms with E-state index in [4.69, 9.17) is 16.3 Å². The number of rotatable bonds is 10. The van der Waals surface area contributed by atoms with Crippen LogP contribution in [0.1, 0.15) is 25.3 Å². The molecule has 0 spiro atoms. The fourth-order valence-electron chi connectivity index (χ4n) is 5.04. The van der Waals surface area contributed by atoms with Gasteiger partial charge in [0.2, 0.25) is 15.8 Å². The Morgan fingerprint density at radius 2 is 1.72 bits per heavy atom. The standard InChI is InChI=1S/C31H33ClN6O4S/c1-31(10-11-31)22-42-29-28(20-34-38(30(29)39)27-7-3-5-24(32)19-27)36-14-16-37(17-15-36)43(40,41)21-23-4-2-6-26(18-23)35-25-8-12-33-13-9-25/h2-9,12-13,18-20H,10-11,14-17,21-22H2,1H3,(H,33,35). The number of pyridine rings is 1. The second-order valence-electron chi connectivity index (χ2n) is 11.4. The molecule has 1 saturated carbocycles. The number of hydrogen-bond acceptors (Lipinski definition) is 8. The highest BCUT2D eigenvalue weighted by molar-refractivity contribution is 7.88. The molecule has 224 valence electrons. The van der Waals surface area contributed by atoms with E-state index in [1.54, 1.807) is 42.9 Å². The number of aromatic nitrogens is 3. The molecule has 2 aliphatic rings. The molecule has 1 aliphatic carbocycles. The van der Waals surface area contributed by atoms with E-state index in [1.165, 1.54) is 8.99 Å². The Kier molecular flexibility index (Phi) is 8.13. The van der Waals surface area contributed by atoms with Crippen LogP contribution in [0.2, 0.25) is 5.02 Å². The first-order chi connectivity index (χ1) is 20.7. The van der Waals surface area contributed by atoms with E-state index in [9.17, 15) is 13.2 Å². The average Bonchev–Trinajstić information content (AvgIpc) is 3.74. The number of benzene rings is 2. The smallest absolute Gasteiger partial charge is 0.316 e. The summed E-state index contributed by atoms with van der Waals surface area (Å²) in [4.78, 5) is 19.6. The molecule has 4 aromatic rings. The molecule has 0 radical (unpaired) electrons. The fourth-order valence-corrected chi connectivity index (χ4v) is 6.72. The van der Waals surface area contributed by atoms with Gasteiger partial charge >= 0.3 is 5.56 Å². The molecule has 2 fully saturated rings. The molecule has 6 rings (SSSR count). The molecule has 1 N–H and O–H groups in total. The summed E-state index contributed by atoms with van der Waals surface area (Å²) in [5, 5.41) is 8.20. The summed E-state index contributed by atoms with van der Waals surface area (Å²) in [6.07, 6.45) is 7.11. The monoisotopic (exact) mass is 620 g/mol. The maximum atomic E-state index is 13.6. The van der Waals surface area contributed by atoms with Crippen molar-refractivity contribution in [1.82, 2.24) is 19.1 Å². The molecule has 0 bridgehead atoms. The lowest BCUT2D eigenvalue weighted by Gasteiger charge is -2.35. The van der Waals surface area contributed by atoms with E-state index < -0.39 is 10.0 Å². The average molecular weight is 621 g/mol. The summed E-state index contributed by atoms with van der Waals surface area (Å²) in [5.74, 6) is 0.112.